The van der Waals surface area contributed by atoms with Gasteiger partial charge >= 0.3 is 0 Å². The highest BCUT2D eigenvalue weighted by Gasteiger charge is 2.49. The summed E-state index contributed by atoms with van der Waals surface area (Å²) in [6, 6.07) is 6.28. The van der Waals surface area contributed by atoms with Crippen LogP contribution in [0.1, 0.15) is 30.6 Å². The van der Waals surface area contributed by atoms with Gasteiger partial charge in [0.05, 0.1) is 17.3 Å². The van der Waals surface area contributed by atoms with Gasteiger partial charge in [0.15, 0.2) is 0 Å². The molecule has 1 saturated carbocycles. The fourth-order valence-electron chi connectivity index (χ4n) is 3.40. The maximum atomic E-state index is 12.6. The van der Waals surface area contributed by atoms with E-state index in [9.17, 15) is 4.79 Å². The third-order valence-corrected chi connectivity index (χ3v) is 4.83. The Morgan fingerprint density at radius 3 is 2.86 bits per heavy atom. The Balaban J connectivity index is 1.78. The van der Waals surface area contributed by atoms with Crippen LogP contribution in [0, 0.1) is 5.41 Å². The summed E-state index contributed by atoms with van der Waals surface area (Å²) < 4.78 is 1.73. The van der Waals surface area contributed by atoms with E-state index >= 15 is 0 Å². The summed E-state index contributed by atoms with van der Waals surface area (Å²) in [6.45, 7) is 4.43. The predicted molar refractivity (Wildman–Crippen MR) is 82.3 cm³/mol. The van der Waals surface area contributed by atoms with Gasteiger partial charge in [0.1, 0.15) is 0 Å². The molecule has 5 nitrogen and oxygen atoms in total. The van der Waals surface area contributed by atoms with Gasteiger partial charge in [0.25, 0.3) is 5.91 Å². The molecule has 1 aliphatic rings. The van der Waals surface area contributed by atoms with E-state index in [2.05, 4.69) is 43.3 Å². The first-order valence-corrected chi connectivity index (χ1v) is 7.31. The Kier molecular flexibility index (Phi) is 3.24. The van der Waals surface area contributed by atoms with Crippen molar-refractivity contribution in [2.24, 2.45) is 5.41 Å². The van der Waals surface area contributed by atoms with Crippen molar-refractivity contribution >= 4 is 11.4 Å². The highest BCUT2D eigenvalue weighted by atomic mass is 16.1. The van der Waals surface area contributed by atoms with Gasteiger partial charge in [0, 0.05) is 23.7 Å². The minimum absolute atomic E-state index is 0.0172. The molecule has 1 fully saturated rings. The van der Waals surface area contributed by atoms with Crippen LogP contribution < -0.4 is 5.32 Å². The van der Waals surface area contributed by atoms with E-state index in [4.69, 9.17) is 0 Å². The van der Waals surface area contributed by atoms with E-state index in [1.165, 1.54) is 0 Å². The number of hydrogen-bond acceptors (Lipinski definition) is 3. The van der Waals surface area contributed by atoms with Crippen molar-refractivity contribution in [1.29, 1.82) is 0 Å². The third-order valence-electron chi connectivity index (χ3n) is 4.83. The molecule has 1 amide bonds. The van der Waals surface area contributed by atoms with Gasteiger partial charge < -0.3 is 10.2 Å². The van der Waals surface area contributed by atoms with Crippen molar-refractivity contribution in [3.63, 3.8) is 0 Å². The lowest BCUT2D eigenvalue weighted by Gasteiger charge is -2.55. The first-order chi connectivity index (χ1) is 9.91. The predicted octanol–water partition coefficient (Wildman–Crippen LogP) is 1.79. The molecule has 2 heterocycles. The van der Waals surface area contributed by atoms with Gasteiger partial charge in [-0.15, -0.1) is 0 Å². The number of carbonyl (C=O) groups is 1. The van der Waals surface area contributed by atoms with Crippen molar-refractivity contribution in [3.05, 3.63) is 36.2 Å². The molecule has 0 radical (unpaired) electrons. The second-order valence-corrected chi connectivity index (χ2v) is 6.65. The molecule has 2 unspecified atom stereocenters. The minimum atomic E-state index is -0.0172. The van der Waals surface area contributed by atoms with Gasteiger partial charge in [-0.05, 0) is 38.7 Å². The van der Waals surface area contributed by atoms with E-state index in [0.29, 0.717) is 11.6 Å². The maximum Gasteiger partial charge on any atom is 0.253 e. The van der Waals surface area contributed by atoms with Crippen LogP contribution in [-0.4, -0.2) is 46.6 Å². The van der Waals surface area contributed by atoms with Crippen LogP contribution in [0.3, 0.4) is 0 Å². The zero-order valence-corrected chi connectivity index (χ0v) is 13.0. The third kappa shape index (κ3) is 2.21. The van der Waals surface area contributed by atoms with Gasteiger partial charge in [-0.2, -0.15) is 5.10 Å². The van der Waals surface area contributed by atoms with E-state index in [-0.39, 0.29) is 17.4 Å². The first kappa shape index (κ1) is 14.1. The molecule has 21 heavy (non-hydrogen) atoms. The second kappa shape index (κ2) is 4.84. The number of rotatable bonds is 3. The highest BCUT2D eigenvalue weighted by Crippen LogP contribution is 2.43. The number of aromatic nitrogens is 2. The average Bonchev–Trinajstić information content (AvgIpc) is 2.90. The Hall–Kier alpha value is -1.88. The molecule has 2 aromatic heterocycles. The van der Waals surface area contributed by atoms with Gasteiger partial charge in [-0.1, -0.05) is 13.8 Å². The van der Waals surface area contributed by atoms with Gasteiger partial charge in [0.2, 0.25) is 0 Å². The molecule has 1 aliphatic carbocycles. The van der Waals surface area contributed by atoms with Crippen LogP contribution in [0.4, 0.5) is 0 Å². The number of carbonyl (C=O) groups excluding carboxylic acids is 1. The Bertz CT molecular complexity index is 674. The van der Waals surface area contributed by atoms with E-state index in [1.807, 2.05) is 24.4 Å². The summed E-state index contributed by atoms with van der Waals surface area (Å²) in [5, 5.41) is 7.35. The number of nitrogens with zero attached hydrogens (tertiary/aromatic N) is 3. The summed E-state index contributed by atoms with van der Waals surface area (Å²) in [7, 11) is 4.19. The van der Waals surface area contributed by atoms with Crippen LogP contribution in [0.5, 0.6) is 0 Å². The quantitative estimate of drug-likeness (QED) is 0.936. The highest BCUT2D eigenvalue weighted by molar-refractivity contribution is 6.00. The Morgan fingerprint density at radius 2 is 2.19 bits per heavy atom. The lowest BCUT2D eigenvalue weighted by Crippen LogP contribution is -2.65. The molecule has 112 valence electrons. The molecule has 2 atom stereocenters. The molecule has 0 saturated heterocycles. The normalized spacial score (nSPS) is 24.0. The summed E-state index contributed by atoms with van der Waals surface area (Å²) in [5.41, 5.74) is 1.61. The molecular formula is C16H22N4O. The SMILES string of the molecule is CN(C)C1CC(NC(=O)c2cccn3nccc23)C1(C)C. The Morgan fingerprint density at radius 1 is 1.43 bits per heavy atom. The first-order valence-electron chi connectivity index (χ1n) is 7.31. The lowest BCUT2D eigenvalue weighted by molar-refractivity contribution is -0.0106. The minimum Gasteiger partial charge on any atom is -0.349 e. The number of fused-ring (bicyclic) bond motifs is 1. The van der Waals surface area contributed by atoms with Gasteiger partial charge in [-0.3, -0.25) is 4.79 Å². The lowest BCUT2D eigenvalue weighted by atomic mass is 9.62. The molecular weight excluding hydrogens is 264 g/mol. The van der Waals surface area contributed by atoms with Crippen molar-refractivity contribution in [2.45, 2.75) is 32.4 Å². The standard InChI is InChI=1S/C16H22N4O/c1-16(2)13(10-14(16)19(3)4)18-15(21)11-6-5-9-20-12(11)7-8-17-20/h5-9,13-14H,10H2,1-4H3,(H,18,21). The molecule has 5 heteroatoms. The topological polar surface area (TPSA) is 49.6 Å². The molecule has 0 bridgehead atoms. The molecule has 2 aromatic rings. The number of amides is 1. The number of nitrogens with one attached hydrogen (secondary N) is 1. The summed E-state index contributed by atoms with van der Waals surface area (Å²) in [4.78, 5) is 14.8. The number of pyridine rings is 1. The van der Waals surface area contributed by atoms with Crippen LogP contribution in [-0.2, 0) is 0 Å². The summed E-state index contributed by atoms with van der Waals surface area (Å²) in [5.74, 6) is -0.0172. The second-order valence-electron chi connectivity index (χ2n) is 6.65. The zero-order chi connectivity index (χ0) is 15.2. The van der Waals surface area contributed by atoms with Crippen LogP contribution in [0.25, 0.3) is 5.52 Å². The average molecular weight is 286 g/mol. The van der Waals surface area contributed by atoms with Crippen molar-refractivity contribution in [1.82, 2.24) is 19.8 Å². The van der Waals surface area contributed by atoms with E-state index in [0.717, 1.165) is 11.9 Å². The maximum absolute atomic E-state index is 12.6. The fraction of sp³-hybridized carbons (Fsp3) is 0.500. The van der Waals surface area contributed by atoms with Crippen molar-refractivity contribution in [3.8, 4) is 0 Å². The summed E-state index contributed by atoms with van der Waals surface area (Å²) in [6.07, 6.45) is 4.55. The fourth-order valence-corrected chi connectivity index (χ4v) is 3.40. The van der Waals surface area contributed by atoms with Crippen LogP contribution in [0.15, 0.2) is 30.6 Å². The van der Waals surface area contributed by atoms with Gasteiger partial charge in [-0.25, -0.2) is 4.52 Å². The molecule has 1 N–H and O–H groups in total. The monoisotopic (exact) mass is 286 g/mol. The van der Waals surface area contributed by atoms with Crippen LogP contribution >= 0.6 is 0 Å². The largest absolute Gasteiger partial charge is 0.349 e. The molecule has 0 aliphatic heterocycles. The van der Waals surface area contributed by atoms with E-state index < -0.39 is 0 Å². The number of hydrogen-bond donors (Lipinski definition) is 1. The Labute approximate surface area is 124 Å². The zero-order valence-electron chi connectivity index (χ0n) is 13.0. The summed E-state index contributed by atoms with van der Waals surface area (Å²) >= 11 is 0. The van der Waals surface area contributed by atoms with Crippen molar-refractivity contribution < 1.29 is 4.79 Å². The van der Waals surface area contributed by atoms with Crippen molar-refractivity contribution in [2.75, 3.05) is 14.1 Å². The molecule has 3 rings (SSSR count). The van der Waals surface area contributed by atoms with Crippen LogP contribution in [0.2, 0.25) is 0 Å². The smallest absolute Gasteiger partial charge is 0.253 e. The molecule has 0 spiro atoms. The van der Waals surface area contributed by atoms with E-state index in [1.54, 1.807) is 10.7 Å². The molecule has 0 aromatic carbocycles.